The van der Waals surface area contributed by atoms with Gasteiger partial charge in [0.1, 0.15) is 0 Å². The van der Waals surface area contributed by atoms with Crippen LogP contribution in [0.15, 0.2) is 30.3 Å². The van der Waals surface area contributed by atoms with E-state index in [2.05, 4.69) is 10.6 Å². The van der Waals surface area contributed by atoms with E-state index in [4.69, 9.17) is 5.73 Å². The topological polar surface area (TPSA) is 84.2 Å². The molecule has 1 aromatic rings. The molecule has 5 nitrogen and oxygen atoms in total. The lowest BCUT2D eigenvalue weighted by atomic mass is 10.1. The van der Waals surface area contributed by atoms with Crippen LogP contribution < -0.4 is 16.4 Å². The number of hydrogen-bond donors (Lipinski definition) is 3. The van der Waals surface area contributed by atoms with Crippen LogP contribution in [0.2, 0.25) is 0 Å². The van der Waals surface area contributed by atoms with Crippen LogP contribution in [0.25, 0.3) is 0 Å². The lowest BCUT2D eigenvalue weighted by Crippen LogP contribution is -2.50. The highest BCUT2D eigenvalue weighted by molar-refractivity contribution is 5.86. The molecule has 1 amide bonds. The summed E-state index contributed by atoms with van der Waals surface area (Å²) in [5, 5.41) is 5.83. The molecule has 22 heavy (non-hydrogen) atoms. The number of carbonyl (C=O) groups excluding carboxylic acids is 2. The van der Waals surface area contributed by atoms with Gasteiger partial charge in [-0.1, -0.05) is 51.6 Å². The Morgan fingerprint density at radius 2 is 1.82 bits per heavy atom. The Morgan fingerprint density at radius 3 is 2.36 bits per heavy atom. The molecule has 124 valence electrons. The van der Waals surface area contributed by atoms with Gasteiger partial charge in [-0.15, -0.1) is 0 Å². The van der Waals surface area contributed by atoms with Crippen molar-refractivity contribution in [2.24, 2.45) is 5.73 Å². The minimum Gasteiger partial charge on any atom is -0.353 e. The summed E-state index contributed by atoms with van der Waals surface area (Å²) in [6, 6.07) is 8.69. The van der Waals surface area contributed by atoms with E-state index in [9.17, 15) is 9.59 Å². The van der Waals surface area contributed by atoms with Gasteiger partial charge in [-0.05, 0) is 18.5 Å². The number of hydrogen-bond acceptors (Lipinski definition) is 4. The van der Waals surface area contributed by atoms with Crippen molar-refractivity contribution < 1.29 is 9.59 Å². The average Bonchev–Trinajstić information content (AvgIpc) is 2.51. The Labute approximate surface area is 133 Å². The van der Waals surface area contributed by atoms with E-state index in [-0.39, 0.29) is 31.7 Å². The molecule has 0 heterocycles. The smallest absolute Gasteiger partial charge is 0.237 e. The fourth-order valence-electron chi connectivity index (χ4n) is 2.09. The Morgan fingerprint density at radius 1 is 1.18 bits per heavy atom. The monoisotopic (exact) mass is 307 g/mol. The van der Waals surface area contributed by atoms with Crippen molar-refractivity contribution in [1.82, 2.24) is 10.6 Å². The second-order valence-electron chi connectivity index (χ2n) is 4.97. The molecule has 0 saturated carbocycles. The first-order valence-corrected chi connectivity index (χ1v) is 7.41. The molecule has 0 fully saturated rings. The van der Waals surface area contributed by atoms with E-state index in [1.807, 2.05) is 44.2 Å². The summed E-state index contributed by atoms with van der Waals surface area (Å²) in [6.07, 6.45) is 0.934. The molecule has 1 rings (SSSR count). The van der Waals surface area contributed by atoms with E-state index in [0.29, 0.717) is 19.4 Å². The number of carbonyl (C=O) groups is 2. The van der Waals surface area contributed by atoms with Gasteiger partial charge in [-0.3, -0.25) is 9.59 Å². The van der Waals surface area contributed by atoms with Gasteiger partial charge in [-0.25, -0.2) is 0 Å². The van der Waals surface area contributed by atoms with Crippen molar-refractivity contribution >= 4 is 11.7 Å². The van der Waals surface area contributed by atoms with Crippen LogP contribution in [0.1, 0.15) is 33.3 Å². The van der Waals surface area contributed by atoms with Crippen LogP contribution in [0, 0.1) is 0 Å². The third-order valence-electron chi connectivity index (χ3n) is 3.30. The number of amides is 1. The number of ketones is 1. The Kier molecular flexibility index (Phi) is 10.1. The van der Waals surface area contributed by atoms with Crippen molar-refractivity contribution in [2.75, 3.05) is 13.1 Å². The van der Waals surface area contributed by atoms with Crippen molar-refractivity contribution in [2.45, 2.75) is 46.2 Å². The second kappa shape index (κ2) is 10.9. The van der Waals surface area contributed by atoms with Gasteiger partial charge in [0, 0.05) is 13.0 Å². The van der Waals surface area contributed by atoms with E-state index >= 15 is 0 Å². The average molecular weight is 307 g/mol. The highest BCUT2D eigenvalue weighted by Crippen LogP contribution is 2.02. The quantitative estimate of drug-likeness (QED) is 0.641. The van der Waals surface area contributed by atoms with Crippen LogP contribution in [-0.4, -0.2) is 36.9 Å². The summed E-state index contributed by atoms with van der Waals surface area (Å²) in [7, 11) is 0. The molecular weight excluding hydrogens is 278 g/mol. The molecule has 2 atom stereocenters. The molecule has 0 aromatic heterocycles. The predicted octanol–water partition coefficient (Wildman–Crippen LogP) is 1.27. The lowest BCUT2D eigenvalue weighted by molar-refractivity contribution is -0.123. The van der Waals surface area contributed by atoms with Gasteiger partial charge < -0.3 is 16.4 Å². The summed E-state index contributed by atoms with van der Waals surface area (Å²) < 4.78 is 0. The van der Waals surface area contributed by atoms with Gasteiger partial charge in [0.25, 0.3) is 0 Å². The van der Waals surface area contributed by atoms with Crippen LogP contribution in [0.5, 0.6) is 0 Å². The van der Waals surface area contributed by atoms with Crippen LogP contribution in [-0.2, 0) is 16.0 Å². The predicted molar refractivity (Wildman–Crippen MR) is 90.6 cm³/mol. The maximum Gasteiger partial charge on any atom is 0.237 e. The van der Waals surface area contributed by atoms with E-state index < -0.39 is 6.04 Å². The molecule has 0 aliphatic rings. The Balaban J connectivity index is 0.00000441. The maximum atomic E-state index is 12.0. The zero-order chi connectivity index (χ0) is 15.7. The fraction of sp³-hybridized carbons (Fsp3) is 0.529. The van der Waals surface area contributed by atoms with Crippen molar-refractivity contribution in [3.8, 4) is 0 Å². The second-order valence-corrected chi connectivity index (χ2v) is 4.97. The van der Waals surface area contributed by atoms with Crippen LogP contribution in [0.3, 0.4) is 0 Å². The molecule has 0 bridgehead atoms. The number of nitrogens with one attached hydrogen (secondary N) is 2. The minimum absolute atomic E-state index is 0. The zero-order valence-corrected chi connectivity index (χ0v) is 12.8. The molecule has 4 N–H and O–H groups in total. The van der Waals surface area contributed by atoms with Crippen LogP contribution >= 0.6 is 0 Å². The zero-order valence-electron chi connectivity index (χ0n) is 12.8. The number of nitrogens with two attached hydrogens (primary N) is 1. The largest absolute Gasteiger partial charge is 0.353 e. The molecule has 5 heteroatoms. The molecule has 0 aliphatic heterocycles. The molecule has 0 aliphatic carbocycles. The highest BCUT2D eigenvalue weighted by atomic mass is 16.2. The van der Waals surface area contributed by atoms with Gasteiger partial charge in [0.2, 0.25) is 5.91 Å². The van der Waals surface area contributed by atoms with Gasteiger partial charge >= 0.3 is 0 Å². The summed E-state index contributed by atoms with van der Waals surface area (Å²) in [6.45, 7) is 4.71. The third kappa shape index (κ3) is 6.83. The SMILES string of the molecule is C.CCN[C@@H](CNC(=O)C(N)Cc1ccccc1)C(=O)CC. The summed E-state index contributed by atoms with van der Waals surface area (Å²) in [5.41, 5.74) is 6.92. The first kappa shape index (κ1) is 20.3. The minimum atomic E-state index is -0.605. The number of Topliss-reactive ketones (excluding diaryl/α,β-unsaturated/α-hetero) is 1. The number of likely N-dealkylation sites (N-methyl/N-ethyl adjacent to an activating group) is 1. The van der Waals surface area contributed by atoms with Gasteiger partial charge in [0.15, 0.2) is 5.78 Å². The third-order valence-corrected chi connectivity index (χ3v) is 3.30. The van der Waals surface area contributed by atoms with Gasteiger partial charge in [0.05, 0.1) is 12.1 Å². The van der Waals surface area contributed by atoms with E-state index in [0.717, 1.165) is 5.56 Å². The van der Waals surface area contributed by atoms with Crippen molar-refractivity contribution in [3.63, 3.8) is 0 Å². The summed E-state index contributed by atoms with van der Waals surface area (Å²) in [5.74, 6) is -0.139. The molecule has 0 saturated heterocycles. The molecule has 1 unspecified atom stereocenters. The first-order chi connectivity index (χ1) is 10.1. The van der Waals surface area contributed by atoms with Crippen molar-refractivity contribution in [3.05, 3.63) is 35.9 Å². The highest BCUT2D eigenvalue weighted by Gasteiger charge is 2.19. The molecule has 0 spiro atoms. The number of rotatable bonds is 9. The summed E-state index contributed by atoms with van der Waals surface area (Å²) in [4.78, 5) is 23.7. The van der Waals surface area contributed by atoms with Crippen molar-refractivity contribution in [1.29, 1.82) is 0 Å². The standard InChI is InChI=1S/C16H25N3O2.CH4/c1-3-15(20)14(18-4-2)11-19-16(21)13(17)10-12-8-6-5-7-9-12;/h5-9,13-14,18H,3-4,10-11,17H2,1-2H3,(H,19,21);1H4/t13?,14-;/m0./s1. The van der Waals surface area contributed by atoms with E-state index in [1.165, 1.54) is 0 Å². The normalized spacial score (nSPS) is 12.9. The lowest BCUT2D eigenvalue weighted by Gasteiger charge is -2.18. The molecule has 0 radical (unpaired) electrons. The fourth-order valence-corrected chi connectivity index (χ4v) is 2.09. The van der Waals surface area contributed by atoms with E-state index in [1.54, 1.807) is 0 Å². The van der Waals surface area contributed by atoms with Crippen LogP contribution in [0.4, 0.5) is 0 Å². The summed E-state index contributed by atoms with van der Waals surface area (Å²) >= 11 is 0. The molecule has 1 aromatic carbocycles. The number of benzene rings is 1. The Hall–Kier alpha value is -1.72. The first-order valence-electron chi connectivity index (χ1n) is 7.41. The molecular formula is C17H29N3O2. The van der Waals surface area contributed by atoms with Gasteiger partial charge in [-0.2, -0.15) is 0 Å². The maximum absolute atomic E-state index is 12.0. The Bertz CT molecular complexity index is 448.